The first-order chi connectivity index (χ1) is 19.9. The van der Waals surface area contributed by atoms with Gasteiger partial charge in [0.05, 0.1) is 16.6 Å². The molecule has 41 heavy (non-hydrogen) atoms. The number of fused-ring (bicyclic) bond motifs is 1. The van der Waals surface area contributed by atoms with Gasteiger partial charge in [0.25, 0.3) is 5.91 Å². The summed E-state index contributed by atoms with van der Waals surface area (Å²) in [4.78, 5) is 46.4. The summed E-state index contributed by atoms with van der Waals surface area (Å²) in [5, 5.41) is 9.48. The molecule has 9 nitrogen and oxygen atoms in total. The first-order valence-corrected chi connectivity index (χ1v) is 13.1. The van der Waals surface area contributed by atoms with Gasteiger partial charge in [-0.05, 0) is 60.2 Å². The van der Waals surface area contributed by atoms with Gasteiger partial charge in [-0.2, -0.15) is 0 Å². The van der Waals surface area contributed by atoms with E-state index in [4.69, 9.17) is 9.72 Å². The number of urea groups is 1. The summed E-state index contributed by atoms with van der Waals surface area (Å²) < 4.78 is 7.62. The van der Waals surface area contributed by atoms with Crippen LogP contribution in [0.4, 0.5) is 10.5 Å². The van der Waals surface area contributed by atoms with Crippen molar-refractivity contribution < 1.29 is 24.2 Å². The van der Waals surface area contributed by atoms with Crippen LogP contribution in [-0.2, 0) is 18.3 Å². The van der Waals surface area contributed by atoms with Gasteiger partial charge in [-0.3, -0.25) is 14.6 Å². The second kappa shape index (κ2) is 10.6. The second-order valence-electron chi connectivity index (χ2n) is 9.78. The van der Waals surface area contributed by atoms with Gasteiger partial charge >= 0.3 is 12.0 Å². The van der Waals surface area contributed by atoms with Gasteiger partial charge in [-0.1, -0.05) is 48.5 Å². The number of carboxylic acid groups (broad SMARTS) is 1. The fourth-order valence-corrected chi connectivity index (χ4v) is 5.12. The Morgan fingerprint density at radius 1 is 0.902 bits per heavy atom. The minimum absolute atomic E-state index is 0.115. The van der Waals surface area contributed by atoms with Crippen molar-refractivity contribution in [3.63, 3.8) is 0 Å². The van der Waals surface area contributed by atoms with Crippen LogP contribution < -0.4 is 9.64 Å². The number of para-hydroxylation sites is 1. The highest BCUT2D eigenvalue weighted by Crippen LogP contribution is 2.34. The summed E-state index contributed by atoms with van der Waals surface area (Å²) in [6.07, 6.45) is 0.346. The van der Waals surface area contributed by atoms with Crippen LogP contribution >= 0.6 is 0 Å². The summed E-state index contributed by atoms with van der Waals surface area (Å²) in [6, 6.07) is 29.5. The lowest BCUT2D eigenvalue weighted by atomic mass is 10.0. The van der Waals surface area contributed by atoms with Crippen molar-refractivity contribution in [2.75, 3.05) is 11.4 Å². The number of aromatic nitrogens is 2. The van der Waals surface area contributed by atoms with Crippen molar-refractivity contribution in [1.82, 2.24) is 14.5 Å². The van der Waals surface area contributed by atoms with Crippen LogP contribution in [0.2, 0.25) is 0 Å². The molecule has 1 aliphatic heterocycles. The zero-order valence-corrected chi connectivity index (χ0v) is 22.2. The molecule has 0 saturated carbocycles. The molecular formula is C32H26N4O5. The number of aromatic carboxylic acids is 1. The van der Waals surface area contributed by atoms with E-state index >= 15 is 0 Å². The SMILES string of the molecule is Cn1c([C@@H](Cc2ccccc2)N2C(=O)CN(c3ccc(Oc4ccccc4)cc3)C2=O)nc2ccc(C(=O)O)cc21. The van der Waals surface area contributed by atoms with Crippen LogP contribution in [0.25, 0.3) is 11.0 Å². The summed E-state index contributed by atoms with van der Waals surface area (Å²) in [7, 11) is 1.77. The molecule has 1 N–H and O–H groups in total. The second-order valence-corrected chi connectivity index (χ2v) is 9.78. The summed E-state index contributed by atoms with van der Waals surface area (Å²) >= 11 is 0. The van der Waals surface area contributed by atoms with Crippen LogP contribution in [0.15, 0.2) is 103 Å². The number of ether oxygens (including phenoxy) is 1. The summed E-state index contributed by atoms with van der Waals surface area (Å²) in [5.74, 6) is 0.397. The van der Waals surface area contributed by atoms with Crippen molar-refractivity contribution in [2.45, 2.75) is 12.5 Å². The van der Waals surface area contributed by atoms with Crippen LogP contribution in [0.3, 0.4) is 0 Å². The van der Waals surface area contributed by atoms with E-state index in [-0.39, 0.29) is 18.0 Å². The number of carbonyl (C=O) groups is 3. The number of benzene rings is 4. The number of aryl methyl sites for hydroxylation is 1. The monoisotopic (exact) mass is 546 g/mol. The van der Waals surface area contributed by atoms with Crippen LogP contribution in [0.1, 0.15) is 27.8 Å². The van der Waals surface area contributed by atoms with Crippen molar-refractivity contribution in [2.24, 2.45) is 7.05 Å². The van der Waals surface area contributed by atoms with Gasteiger partial charge < -0.3 is 14.4 Å². The molecule has 2 heterocycles. The number of imidazole rings is 1. The molecule has 204 valence electrons. The van der Waals surface area contributed by atoms with E-state index in [0.717, 1.165) is 5.56 Å². The van der Waals surface area contributed by atoms with Gasteiger partial charge in [0.1, 0.15) is 29.9 Å². The highest BCUT2D eigenvalue weighted by molar-refractivity contribution is 6.12. The maximum absolute atomic E-state index is 13.9. The van der Waals surface area contributed by atoms with E-state index in [1.807, 2.05) is 60.7 Å². The smallest absolute Gasteiger partial charge is 0.335 e. The number of nitrogens with zero attached hydrogens (tertiary/aromatic N) is 4. The number of anilines is 1. The Morgan fingerprint density at radius 2 is 1.56 bits per heavy atom. The predicted octanol–water partition coefficient (Wildman–Crippen LogP) is 5.82. The quantitative estimate of drug-likeness (QED) is 0.246. The third-order valence-electron chi connectivity index (χ3n) is 7.17. The minimum atomic E-state index is -1.05. The third-order valence-corrected chi connectivity index (χ3v) is 7.17. The Morgan fingerprint density at radius 3 is 2.24 bits per heavy atom. The molecule has 5 aromatic rings. The minimum Gasteiger partial charge on any atom is -0.478 e. The fraction of sp³-hybridized carbons (Fsp3) is 0.125. The molecule has 1 atom stereocenters. The number of carbonyl (C=O) groups excluding carboxylic acids is 2. The molecule has 0 bridgehead atoms. The lowest BCUT2D eigenvalue weighted by Crippen LogP contribution is -2.38. The normalized spacial score (nSPS) is 14.1. The van der Waals surface area contributed by atoms with Crippen molar-refractivity contribution in [1.29, 1.82) is 0 Å². The standard InChI is InChI=1S/C32H26N4O5/c1-34-27-19-22(31(38)39)12-17-26(27)33-30(34)28(18-21-8-4-2-5-9-21)36-29(37)20-35(32(36)40)23-13-15-25(16-14-23)41-24-10-6-3-7-11-24/h2-17,19,28H,18,20H2,1H3,(H,38,39)/t28-/m1/s1. The molecule has 0 spiro atoms. The molecule has 9 heteroatoms. The number of rotatable bonds is 8. The average Bonchev–Trinajstić information content (AvgIpc) is 3.48. The first-order valence-electron chi connectivity index (χ1n) is 13.1. The van der Waals surface area contributed by atoms with Crippen LogP contribution in [0, 0.1) is 0 Å². The molecule has 1 saturated heterocycles. The van der Waals surface area contributed by atoms with E-state index in [1.165, 1.54) is 15.9 Å². The van der Waals surface area contributed by atoms with Crippen molar-refractivity contribution in [3.05, 3.63) is 120 Å². The zero-order valence-electron chi connectivity index (χ0n) is 22.2. The van der Waals surface area contributed by atoms with E-state index in [9.17, 15) is 19.5 Å². The van der Waals surface area contributed by atoms with Gasteiger partial charge in [0.15, 0.2) is 0 Å². The van der Waals surface area contributed by atoms with Gasteiger partial charge in [0.2, 0.25) is 0 Å². The van der Waals surface area contributed by atoms with E-state index < -0.39 is 18.0 Å². The van der Waals surface area contributed by atoms with E-state index in [1.54, 1.807) is 48.0 Å². The Bertz CT molecular complexity index is 1750. The zero-order chi connectivity index (χ0) is 28.5. The molecule has 3 amide bonds. The number of hydrogen-bond donors (Lipinski definition) is 1. The van der Waals surface area contributed by atoms with Gasteiger partial charge in [-0.15, -0.1) is 0 Å². The fourth-order valence-electron chi connectivity index (χ4n) is 5.12. The first kappa shape index (κ1) is 25.8. The Balaban J connectivity index is 1.33. The van der Waals surface area contributed by atoms with Crippen LogP contribution in [-0.4, -0.2) is 44.0 Å². The third kappa shape index (κ3) is 5.00. The highest BCUT2D eigenvalue weighted by atomic mass is 16.5. The van der Waals surface area contributed by atoms with E-state index in [2.05, 4.69) is 0 Å². The number of imide groups is 1. The predicted molar refractivity (Wildman–Crippen MR) is 153 cm³/mol. The molecular weight excluding hydrogens is 520 g/mol. The molecule has 0 aliphatic carbocycles. The number of carboxylic acids is 1. The lowest BCUT2D eigenvalue weighted by molar-refractivity contribution is -0.126. The molecule has 1 fully saturated rings. The maximum Gasteiger partial charge on any atom is 0.335 e. The summed E-state index contributed by atoms with van der Waals surface area (Å²) in [5.41, 5.74) is 2.81. The van der Waals surface area contributed by atoms with Gasteiger partial charge in [-0.25, -0.2) is 14.6 Å². The molecule has 0 radical (unpaired) electrons. The number of hydrogen-bond acceptors (Lipinski definition) is 5. The van der Waals surface area contributed by atoms with Crippen molar-refractivity contribution >= 4 is 34.6 Å². The Hall–Kier alpha value is -5.44. The lowest BCUT2D eigenvalue weighted by Gasteiger charge is -2.26. The molecule has 1 aliphatic rings. The van der Waals surface area contributed by atoms with Crippen LogP contribution in [0.5, 0.6) is 11.5 Å². The molecule has 0 unspecified atom stereocenters. The largest absolute Gasteiger partial charge is 0.478 e. The topological polar surface area (TPSA) is 105 Å². The summed E-state index contributed by atoms with van der Waals surface area (Å²) in [6.45, 7) is -0.115. The molecule has 6 rings (SSSR count). The van der Waals surface area contributed by atoms with Gasteiger partial charge in [0, 0.05) is 19.2 Å². The van der Waals surface area contributed by atoms with Crippen molar-refractivity contribution in [3.8, 4) is 11.5 Å². The highest BCUT2D eigenvalue weighted by Gasteiger charge is 2.43. The Kier molecular flexibility index (Phi) is 6.68. The maximum atomic E-state index is 13.9. The molecule has 4 aromatic carbocycles. The molecule has 1 aromatic heterocycles. The Labute approximate surface area is 235 Å². The van der Waals surface area contributed by atoms with E-state index in [0.29, 0.717) is 40.5 Å². The number of amides is 3. The average molecular weight is 547 g/mol.